The molecule has 4 nitrogen and oxygen atoms in total. The van der Waals surface area contributed by atoms with E-state index in [-0.39, 0.29) is 18.4 Å². The van der Waals surface area contributed by atoms with Crippen LogP contribution in [0.3, 0.4) is 0 Å². The third kappa shape index (κ3) is 4.19. The van der Waals surface area contributed by atoms with Gasteiger partial charge in [-0.3, -0.25) is 9.59 Å². The molecule has 0 spiro atoms. The number of hydrogen-bond donors (Lipinski definition) is 2. The van der Waals surface area contributed by atoms with Crippen LogP contribution in [0.25, 0.3) is 0 Å². The number of amides is 2. The van der Waals surface area contributed by atoms with Crippen LogP contribution in [0.4, 0.5) is 5.69 Å². The van der Waals surface area contributed by atoms with Crippen molar-refractivity contribution in [2.45, 2.75) is 27.7 Å². The Labute approximate surface area is 136 Å². The molecule has 0 aliphatic rings. The quantitative estimate of drug-likeness (QED) is 0.910. The van der Waals surface area contributed by atoms with Crippen molar-refractivity contribution in [3.05, 3.63) is 64.2 Å². The Morgan fingerprint density at radius 2 is 1.65 bits per heavy atom. The van der Waals surface area contributed by atoms with Gasteiger partial charge in [-0.25, -0.2) is 0 Å². The molecule has 0 saturated heterocycles. The summed E-state index contributed by atoms with van der Waals surface area (Å²) in [6.07, 6.45) is 0. The lowest BCUT2D eigenvalue weighted by Crippen LogP contribution is -2.33. The van der Waals surface area contributed by atoms with Gasteiger partial charge in [-0.05, 0) is 68.1 Å². The van der Waals surface area contributed by atoms with E-state index in [0.29, 0.717) is 5.56 Å². The lowest BCUT2D eigenvalue weighted by molar-refractivity contribution is -0.115. The summed E-state index contributed by atoms with van der Waals surface area (Å²) in [6.45, 7) is 7.85. The first-order valence-electron chi connectivity index (χ1n) is 7.60. The lowest BCUT2D eigenvalue weighted by Gasteiger charge is -2.11. The van der Waals surface area contributed by atoms with Gasteiger partial charge < -0.3 is 10.6 Å². The highest BCUT2D eigenvalue weighted by Gasteiger charge is 2.10. The van der Waals surface area contributed by atoms with Crippen molar-refractivity contribution in [3.8, 4) is 0 Å². The summed E-state index contributed by atoms with van der Waals surface area (Å²) >= 11 is 0. The number of rotatable bonds is 4. The number of anilines is 1. The molecular weight excluding hydrogens is 288 g/mol. The lowest BCUT2D eigenvalue weighted by atomic mass is 10.1. The largest absolute Gasteiger partial charge is 0.343 e. The second-order valence-corrected chi connectivity index (χ2v) is 5.78. The summed E-state index contributed by atoms with van der Waals surface area (Å²) in [4.78, 5) is 24.1. The number of hydrogen-bond acceptors (Lipinski definition) is 2. The van der Waals surface area contributed by atoms with Crippen LogP contribution < -0.4 is 10.6 Å². The van der Waals surface area contributed by atoms with Crippen molar-refractivity contribution < 1.29 is 9.59 Å². The minimum atomic E-state index is -0.246. The molecule has 0 bridgehead atoms. The number of nitrogens with one attached hydrogen (secondary N) is 2. The van der Waals surface area contributed by atoms with E-state index in [1.54, 1.807) is 6.07 Å². The molecule has 2 N–H and O–H groups in total. The highest BCUT2D eigenvalue weighted by atomic mass is 16.2. The molecule has 23 heavy (non-hydrogen) atoms. The zero-order valence-electron chi connectivity index (χ0n) is 14.0. The zero-order valence-corrected chi connectivity index (χ0v) is 14.0. The molecule has 0 heterocycles. The Morgan fingerprint density at radius 1 is 0.913 bits per heavy atom. The normalized spacial score (nSPS) is 10.3. The van der Waals surface area contributed by atoms with Gasteiger partial charge in [0.25, 0.3) is 5.91 Å². The molecule has 2 rings (SSSR count). The maximum absolute atomic E-state index is 12.1. The minimum absolute atomic E-state index is 0.0564. The van der Waals surface area contributed by atoms with Gasteiger partial charge in [0.2, 0.25) is 5.91 Å². The summed E-state index contributed by atoms with van der Waals surface area (Å²) < 4.78 is 0. The van der Waals surface area contributed by atoms with Crippen molar-refractivity contribution in [2.24, 2.45) is 0 Å². The van der Waals surface area contributed by atoms with Crippen LogP contribution in [-0.2, 0) is 4.79 Å². The third-order valence-electron chi connectivity index (χ3n) is 4.06. The van der Waals surface area contributed by atoms with E-state index in [9.17, 15) is 9.59 Å². The number of carbonyl (C=O) groups is 2. The topological polar surface area (TPSA) is 58.2 Å². The van der Waals surface area contributed by atoms with E-state index in [1.807, 2.05) is 58.0 Å². The van der Waals surface area contributed by atoms with E-state index >= 15 is 0 Å². The summed E-state index contributed by atoms with van der Waals surface area (Å²) in [5.41, 5.74) is 5.66. The van der Waals surface area contributed by atoms with E-state index in [4.69, 9.17) is 0 Å². The SMILES string of the molecule is Cc1ccc(C(=O)NCC(=O)Nc2cccc(C)c2C)cc1C. The van der Waals surface area contributed by atoms with Gasteiger partial charge in [-0.1, -0.05) is 18.2 Å². The van der Waals surface area contributed by atoms with Gasteiger partial charge in [-0.15, -0.1) is 0 Å². The monoisotopic (exact) mass is 310 g/mol. The smallest absolute Gasteiger partial charge is 0.251 e. The zero-order chi connectivity index (χ0) is 17.0. The molecule has 0 fully saturated rings. The van der Waals surface area contributed by atoms with Crippen LogP contribution in [0, 0.1) is 27.7 Å². The maximum atomic E-state index is 12.1. The fourth-order valence-electron chi connectivity index (χ4n) is 2.23. The van der Waals surface area contributed by atoms with Crippen LogP contribution in [0.2, 0.25) is 0 Å². The molecule has 0 aliphatic heterocycles. The minimum Gasteiger partial charge on any atom is -0.343 e. The van der Waals surface area contributed by atoms with E-state index in [2.05, 4.69) is 10.6 Å². The van der Waals surface area contributed by atoms with Crippen molar-refractivity contribution in [1.82, 2.24) is 5.32 Å². The standard InChI is InChI=1S/C19H22N2O2/c1-12-8-9-16(10-14(12)3)19(23)20-11-18(22)21-17-7-5-6-13(2)15(17)4/h5-10H,11H2,1-4H3,(H,20,23)(H,21,22). The van der Waals surface area contributed by atoms with E-state index in [0.717, 1.165) is 27.9 Å². The summed E-state index contributed by atoms with van der Waals surface area (Å²) in [5.74, 6) is -0.486. The van der Waals surface area contributed by atoms with Crippen LogP contribution in [-0.4, -0.2) is 18.4 Å². The number of carbonyl (C=O) groups excluding carboxylic acids is 2. The molecule has 2 aromatic carbocycles. The Kier molecular flexibility index (Phi) is 5.16. The van der Waals surface area contributed by atoms with Crippen molar-refractivity contribution in [3.63, 3.8) is 0 Å². The molecule has 0 unspecified atom stereocenters. The first kappa shape index (κ1) is 16.7. The number of aryl methyl sites for hydroxylation is 3. The predicted molar refractivity (Wildman–Crippen MR) is 92.8 cm³/mol. The van der Waals surface area contributed by atoms with Gasteiger partial charge >= 0.3 is 0 Å². The fraction of sp³-hybridized carbons (Fsp3) is 0.263. The van der Waals surface area contributed by atoms with Gasteiger partial charge in [0.05, 0.1) is 6.54 Å². The summed E-state index contributed by atoms with van der Waals surface area (Å²) in [7, 11) is 0. The molecule has 0 atom stereocenters. The molecule has 0 aromatic heterocycles. The van der Waals surface area contributed by atoms with Gasteiger partial charge in [0.15, 0.2) is 0 Å². The third-order valence-corrected chi connectivity index (χ3v) is 4.06. The van der Waals surface area contributed by atoms with Crippen molar-refractivity contribution >= 4 is 17.5 Å². The second kappa shape index (κ2) is 7.09. The van der Waals surface area contributed by atoms with E-state index < -0.39 is 0 Å². The van der Waals surface area contributed by atoms with E-state index in [1.165, 1.54) is 0 Å². The summed E-state index contributed by atoms with van der Waals surface area (Å²) in [5, 5.41) is 5.47. The van der Waals surface area contributed by atoms with Crippen LogP contribution >= 0.6 is 0 Å². The molecular formula is C19H22N2O2. The molecule has 0 radical (unpaired) electrons. The van der Waals surface area contributed by atoms with Crippen LogP contribution in [0.5, 0.6) is 0 Å². The molecule has 4 heteroatoms. The van der Waals surface area contributed by atoms with Crippen molar-refractivity contribution in [1.29, 1.82) is 0 Å². The van der Waals surface area contributed by atoms with Gasteiger partial charge in [0, 0.05) is 11.3 Å². The highest BCUT2D eigenvalue weighted by molar-refractivity contribution is 5.99. The second-order valence-electron chi connectivity index (χ2n) is 5.78. The molecule has 0 aliphatic carbocycles. The predicted octanol–water partition coefficient (Wildman–Crippen LogP) is 3.29. The molecule has 2 aromatic rings. The molecule has 2 amide bonds. The maximum Gasteiger partial charge on any atom is 0.251 e. The number of benzene rings is 2. The Balaban J connectivity index is 1.94. The average molecular weight is 310 g/mol. The fourth-order valence-corrected chi connectivity index (χ4v) is 2.23. The molecule has 0 saturated carbocycles. The Morgan fingerprint density at radius 3 is 2.35 bits per heavy atom. The Bertz CT molecular complexity index is 751. The summed E-state index contributed by atoms with van der Waals surface area (Å²) in [6, 6.07) is 11.2. The van der Waals surface area contributed by atoms with Crippen molar-refractivity contribution in [2.75, 3.05) is 11.9 Å². The first-order chi connectivity index (χ1) is 10.9. The average Bonchev–Trinajstić information content (AvgIpc) is 2.52. The molecule has 120 valence electrons. The van der Waals surface area contributed by atoms with Gasteiger partial charge in [-0.2, -0.15) is 0 Å². The highest BCUT2D eigenvalue weighted by Crippen LogP contribution is 2.17. The van der Waals surface area contributed by atoms with Crippen LogP contribution in [0.15, 0.2) is 36.4 Å². The Hall–Kier alpha value is -2.62. The first-order valence-corrected chi connectivity index (χ1v) is 7.60. The van der Waals surface area contributed by atoms with Gasteiger partial charge in [0.1, 0.15) is 0 Å². The van der Waals surface area contributed by atoms with Crippen LogP contribution in [0.1, 0.15) is 32.6 Å².